The molecule has 1 amide bonds. The van der Waals surface area contributed by atoms with Crippen LogP contribution in [0.4, 0.5) is 9.18 Å². The lowest BCUT2D eigenvalue weighted by molar-refractivity contribution is 0.0163. The van der Waals surface area contributed by atoms with Crippen LogP contribution >= 0.6 is 0 Å². The van der Waals surface area contributed by atoms with Crippen molar-refractivity contribution in [2.75, 3.05) is 20.3 Å². The predicted octanol–water partition coefficient (Wildman–Crippen LogP) is 3.47. The summed E-state index contributed by atoms with van der Waals surface area (Å²) in [5, 5.41) is 0. The van der Waals surface area contributed by atoms with E-state index >= 15 is 0 Å². The molecule has 5 heteroatoms. The molecule has 0 N–H and O–H groups in total. The normalized spacial score (nSPS) is 21.7. The molecule has 2 atom stereocenters. The van der Waals surface area contributed by atoms with Crippen molar-refractivity contribution in [2.45, 2.75) is 51.4 Å². The van der Waals surface area contributed by atoms with Crippen molar-refractivity contribution in [1.82, 2.24) is 9.80 Å². The van der Waals surface area contributed by atoms with Gasteiger partial charge in [-0.25, -0.2) is 9.18 Å². The van der Waals surface area contributed by atoms with Gasteiger partial charge in [-0.3, -0.25) is 4.90 Å². The first-order valence-electron chi connectivity index (χ1n) is 8.11. The van der Waals surface area contributed by atoms with Crippen LogP contribution in [0.15, 0.2) is 30.3 Å². The maximum Gasteiger partial charge on any atom is 0.410 e. The smallest absolute Gasteiger partial charge is 0.410 e. The predicted molar refractivity (Wildman–Crippen MR) is 89.0 cm³/mol. The molecule has 0 unspecified atom stereocenters. The van der Waals surface area contributed by atoms with E-state index in [1.807, 2.05) is 46.0 Å². The van der Waals surface area contributed by atoms with Gasteiger partial charge in [0.25, 0.3) is 0 Å². The number of amides is 1. The number of hydrogen-bond donors (Lipinski definition) is 0. The molecule has 1 heterocycles. The number of ether oxygens (including phenoxy) is 1. The Kier molecular flexibility index (Phi) is 5.63. The third-order valence-corrected chi connectivity index (χ3v) is 4.14. The van der Waals surface area contributed by atoms with Gasteiger partial charge in [-0.05, 0) is 39.8 Å². The van der Waals surface area contributed by atoms with Gasteiger partial charge in [-0.15, -0.1) is 0 Å². The van der Waals surface area contributed by atoms with Gasteiger partial charge in [0.05, 0.1) is 6.04 Å². The molecule has 2 rings (SSSR count). The van der Waals surface area contributed by atoms with Crippen LogP contribution in [-0.4, -0.2) is 53.8 Å². The number of rotatable bonds is 4. The summed E-state index contributed by atoms with van der Waals surface area (Å²) in [6.07, 6.45) is 0.340. The maximum atomic E-state index is 13.6. The first-order valence-corrected chi connectivity index (χ1v) is 8.11. The van der Waals surface area contributed by atoms with Crippen LogP contribution in [0.5, 0.6) is 0 Å². The Morgan fingerprint density at radius 1 is 1.35 bits per heavy atom. The molecule has 4 nitrogen and oxygen atoms in total. The average molecular weight is 322 g/mol. The highest BCUT2D eigenvalue weighted by molar-refractivity contribution is 5.69. The van der Waals surface area contributed by atoms with E-state index in [0.717, 1.165) is 13.0 Å². The van der Waals surface area contributed by atoms with Crippen LogP contribution in [-0.2, 0) is 11.3 Å². The Morgan fingerprint density at radius 2 is 2.00 bits per heavy atom. The molecule has 1 aromatic rings. The number of likely N-dealkylation sites (N-methyl/N-ethyl adjacent to an activating group) is 1. The summed E-state index contributed by atoms with van der Waals surface area (Å²) in [5.41, 5.74) is 0.620. The number of likely N-dealkylation sites (tertiary alicyclic amines) is 1. The minimum atomic E-state index is -0.564. The SMILES string of the molecule is CN(Cc1ccccc1)[C@@H]1CCN(C(=O)OC(C)(C)C)[C@@H]1CF. The Morgan fingerprint density at radius 3 is 2.57 bits per heavy atom. The van der Waals surface area contributed by atoms with Gasteiger partial charge in [0.15, 0.2) is 0 Å². The molecule has 1 saturated heterocycles. The summed E-state index contributed by atoms with van der Waals surface area (Å²) < 4.78 is 19.0. The lowest BCUT2D eigenvalue weighted by Crippen LogP contribution is -2.48. The molecule has 1 aliphatic heterocycles. The molecular weight excluding hydrogens is 295 g/mol. The minimum absolute atomic E-state index is 0.00715. The van der Waals surface area contributed by atoms with Gasteiger partial charge < -0.3 is 9.64 Å². The summed E-state index contributed by atoms with van der Waals surface area (Å²) in [6, 6.07) is 9.65. The second kappa shape index (κ2) is 7.30. The average Bonchev–Trinajstić information content (AvgIpc) is 2.90. The third kappa shape index (κ3) is 4.67. The van der Waals surface area contributed by atoms with Gasteiger partial charge in [0.1, 0.15) is 12.3 Å². The Labute approximate surface area is 138 Å². The quantitative estimate of drug-likeness (QED) is 0.851. The van der Waals surface area contributed by atoms with Crippen LogP contribution in [0.25, 0.3) is 0 Å². The van der Waals surface area contributed by atoms with Gasteiger partial charge in [0, 0.05) is 19.1 Å². The van der Waals surface area contributed by atoms with Gasteiger partial charge in [-0.1, -0.05) is 30.3 Å². The number of nitrogens with zero attached hydrogens (tertiary/aromatic N) is 2. The second-order valence-electron chi connectivity index (χ2n) is 7.15. The Balaban J connectivity index is 2.02. The zero-order valence-electron chi connectivity index (χ0n) is 14.5. The van der Waals surface area contributed by atoms with E-state index < -0.39 is 24.4 Å². The molecule has 0 spiro atoms. The van der Waals surface area contributed by atoms with Gasteiger partial charge in [0.2, 0.25) is 0 Å². The first kappa shape index (κ1) is 17.7. The first-order chi connectivity index (χ1) is 10.8. The van der Waals surface area contributed by atoms with Crippen molar-refractivity contribution in [2.24, 2.45) is 0 Å². The topological polar surface area (TPSA) is 32.8 Å². The molecule has 1 aliphatic rings. The van der Waals surface area contributed by atoms with E-state index in [1.165, 1.54) is 10.5 Å². The van der Waals surface area contributed by atoms with Crippen molar-refractivity contribution < 1.29 is 13.9 Å². The molecule has 1 fully saturated rings. The van der Waals surface area contributed by atoms with E-state index in [1.54, 1.807) is 0 Å². The number of carbonyl (C=O) groups excluding carboxylic acids is 1. The lowest BCUT2D eigenvalue weighted by Gasteiger charge is -2.32. The fraction of sp³-hybridized carbons (Fsp3) is 0.611. The van der Waals surface area contributed by atoms with Crippen LogP contribution in [0.3, 0.4) is 0 Å². The van der Waals surface area contributed by atoms with Crippen LogP contribution < -0.4 is 0 Å². The van der Waals surface area contributed by atoms with Crippen molar-refractivity contribution >= 4 is 6.09 Å². The second-order valence-corrected chi connectivity index (χ2v) is 7.15. The highest BCUT2D eigenvalue weighted by Crippen LogP contribution is 2.26. The number of alkyl halides is 1. The Bertz CT molecular complexity index is 516. The Hall–Kier alpha value is -1.62. The zero-order valence-corrected chi connectivity index (χ0v) is 14.5. The molecule has 0 radical (unpaired) electrons. The van der Waals surface area contributed by atoms with Crippen molar-refractivity contribution in [3.8, 4) is 0 Å². The molecule has 0 aromatic heterocycles. The number of hydrogen-bond acceptors (Lipinski definition) is 3. The molecule has 128 valence electrons. The van der Waals surface area contributed by atoms with Crippen LogP contribution in [0, 0.1) is 0 Å². The molecule has 0 bridgehead atoms. The molecule has 23 heavy (non-hydrogen) atoms. The van der Waals surface area contributed by atoms with E-state index in [0.29, 0.717) is 6.54 Å². The van der Waals surface area contributed by atoms with E-state index in [9.17, 15) is 9.18 Å². The number of benzene rings is 1. The molecule has 0 saturated carbocycles. The largest absolute Gasteiger partial charge is 0.444 e. The minimum Gasteiger partial charge on any atom is -0.444 e. The maximum absolute atomic E-state index is 13.6. The van der Waals surface area contributed by atoms with E-state index in [4.69, 9.17) is 4.74 Å². The van der Waals surface area contributed by atoms with Crippen molar-refractivity contribution in [3.05, 3.63) is 35.9 Å². The monoisotopic (exact) mass is 322 g/mol. The third-order valence-electron chi connectivity index (χ3n) is 4.14. The van der Waals surface area contributed by atoms with Crippen LogP contribution in [0.1, 0.15) is 32.8 Å². The molecular formula is C18H27FN2O2. The van der Waals surface area contributed by atoms with Gasteiger partial charge >= 0.3 is 6.09 Å². The van der Waals surface area contributed by atoms with E-state index in [2.05, 4.69) is 17.0 Å². The fourth-order valence-corrected chi connectivity index (χ4v) is 3.07. The lowest BCUT2D eigenvalue weighted by atomic mass is 10.1. The van der Waals surface area contributed by atoms with Crippen LogP contribution in [0.2, 0.25) is 0 Å². The summed E-state index contributed by atoms with van der Waals surface area (Å²) in [7, 11) is 1.99. The van der Waals surface area contributed by atoms with Crippen molar-refractivity contribution in [3.63, 3.8) is 0 Å². The standard InChI is InChI=1S/C18H27FN2O2/c1-18(2,3)23-17(22)21-11-10-15(16(21)12-19)20(4)13-14-8-6-5-7-9-14/h5-9,15-16H,10-13H2,1-4H3/t15-,16-/m1/s1. The van der Waals surface area contributed by atoms with Gasteiger partial charge in [-0.2, -0.15) is 0 Å². The summed E-state index contributed by atoms with van der Waals surface area (Å²) in [4.78, 5) is 15.9. The fourth-order valence-electron chi connectivity index (χ4n) is 3.07. The van der Waals surface area contributed by atoms with Crippen molar-refractivity contribution in [1.29, 1.82) is 0 Å². The highest BCUT2D eigenvalue weighted by Gasteiger charge is 2.40. The summed E-state index contributed by atoms with van der Waals surface area (Å²) >= 11 is 0. The molecule has 0 aliphatic carbocycles. The molecule has 1 aromatic carbocycles. The highest BCUT2D eigenvalue weighted by atomic mass is 19.1. The zero-order chi connectivity index (χ0) is 17.0. The van der Waals surface area contributed by atoms with E-state index in [-0.39, 0.29) is 6.04 Å². The summed E-state index contributed by atoms with van der Waals surface area (Å²) in [5.74, 6) is 0. The summed E-state index contributed by atoms with van der Waals surface area (Å²) in [6.45, 7) is 6.19. The number of carbonyl (C=O) groups is 1. The number of halogens is 1.